The first kappa shape index (κ1) is 23.6. The second kappa shape index (κ2) is 10.1. The number of hydrogen-bond donors (Lipinski definition) is 0. The summed E-state index contributed by atoms with van der Waals surface area (Å²) in [6, 6.07) is 13.9. The molecule has 0 N–H and O–H groups in total. The van der Waals surface area contributed by atoms with Gasteiger partial charge < -0.3 is 9.80 Å². The Morgan fingerprint density at radius 3 is 2.00 bits per heavy atom. The molecule has 2 fully saturated rings. The fourth-order valence-corrected chi connectivity index (χ4v) is 4.49. The predicted octanol–water partition coefficient (Wildman–Crippen LogP) is 3.65. The van der Waals surface area contributed by atoms with Crippen molar-refractivity contribution >= 4 is 5.69 Å². The number of piperazine rings is 2. The second-order valence-corrected chi connectivity index (χ2v) is 8.99. The average Bonchev–Trinajstić information content (AvgIpc) is 2.81. The van der Waals surface area contributed by atoms with Gasteiger partial charge in [-0.3, -0.25) is 9.80 Å². The molecule has 2 aromatic carbocycles. The third kappa shape index (κ3) is 6.05. The molecule has 2 heterocycles. The molecule has 8 heteroatoms. The highest BCUT2D eigenvalue weighted by Crippen LogP contribution is 2.29. The lowest BCUT2D eigenvalue weighted by molar-refractivity contribution is -0.137. The Kier molecular flexibility index (Phi) is 7.23. The molecule has 0 aromatic heterocycles. The Balaban J connectivity index is 1.33. The van der Waals surface area contributed by atoms with Crippen LogP contribution in [0, 0.1) is 11.3 Å². The van der Waals surface area contributed by atoms with E-state index in [2.05, 4.69) is 44.8 Å². The van der Waals surface area contributed by atoms with Crippen molar-refractivity contribution in [1.29, 1.82) is 5.26 Å². The van der Waals surface area contributed by atoms with Crippen molar-refractivity contribution in [3.63, 3.8) is 0 Å². The van der Waals surface area contributed by atoms with Crippen LogP contribution in [0.25, 0.3) is 0 Å². The lowest BCUT2D eigenvalue weighted by Gasteiger charge is -2.36. The van der Waals surface area contributed by atoms with Gasteiger partial charge in [0.15, 0.2) is 0 Å². The van der Waals surface area contributed by atoms with E-state index in [9.17, 15) is 18.4 Å². The van der Waals surface area contributed by atoms with Crippen LogP contribution in [0.1, 0.15) is 22.3 Å². The van der Waals surface area contributed by atoms with Crippen LogP contribution in [-0.4, -0.2) is 74.1 Å². The van der Waals surface area contributed by atoms with Crippen LogP contribution in [0.5, 0.6) is 0 Å². The molecule has 0 saturated carbocycles. The number of likely N-dealkylation sites (N-methyl/N-ethyl adjacent to an activating group) is 1. The van der Waals surface area contributed by atoms with E-state index in [4.69, 9.17) is 0 Å². The highest BCUT2D eigenvalue weighted by Gasteiger charge is 2.30. The van der Waals surface area contributed by atoms with Gasteiger partial charge in [-0.2, -0.15) is 18.4 Å². The van der Waals surface area contributed by atoms with Crippen molar-refractivity contribution in [3.05, 3.63) is 64.7 Å². The zero-order valence-electron chi connectivity index (χ0n) is 19.0. The molecule has 0 atom stereocenters. The van der Waals surface area contributed by atoms with Gasteiger partial charge >= 0.3 is 6.18 Å². The van der Waals surface area contributed by atoms with Gasteiger partial charge in [0.1, 0.15) is 0 Å². The van der Waals surface area contributed by atoms with E-state index in [1.165, 1.54) is 5.69 Å². The normalized spacial score (nSPS) is 18.9. The maximum absolute atomic E-state index is 12.8. The summed E-state index contributed by atoms with van der Waals surface area (Å²) < 4.78 is 38.3. The van der Waals surface area contributed by atoms with E-state index in [1.54, 1.807) is 12.1 Å². The summed E-state index contributed by atoms with van der Waals surface area (Å²) in [7, 11) is 2.14. The Hall–Kier alpha value is -2.60. The van der Waals surface area contributed by atoms with Crippen molar-refractivity contribution in [2.75, 3.05) is 64.3 Å². The molecule has 0 bridgehead atoms. The summed E-state index contributed by atoms with van der Waals surface area (Å²) in [6.07, 6.45) is -4.30. The SMILES string of the molecule is CN1CCN(c2ccc(C#N)c(CN3CCN(Cc4ccc(C(F)(F)F)cc4)CC3)c2)CC1. The molecule has 2 saturated heterocycles. The zero-order chi connectivity index (χ0) is 23.4. The summed E-state index contributed by atoms with van der Waals surface area (Å²) >= 11 is 0. The predicted molar refractivity (Wildman–Crippen MR) is 123 cm³/mol. The lowest BCUT2D eigenvalue weighted by atomic mass is 10.1. The molecular weight excluding hydrogens is 427 g/mol. The molecule has 2 aliphatic rings. The van der Waals surface area contributed by atoms with Crippen LogP contribution >= 0.6 is 0 Å². The molecule has 0 amide bonds. The van der Waals surface area contributed by atoms with Crippen molar-refractivity contribution in [1.82, 2.24) is 14.7 Å². The summed E-state index contributed by atoms with van der Waals surface area (Å²) in [5.41, 5.74) is 3.24. The third-order valence-electron chi connectivity index (χ3n) is 6.62. The van der Waals surface area contributed by atoms with Gasteiger partial charge in [0.25, 0.3) is 0 Å². The molecule has 2 aromatic rings. The van der Waals surface area contributed by atoms with Crippen LogP contribution in [0.2, 0.25) is 0 Å². The number of alkyl halides is 3. The van der Waals surface area contributed by atoms with Crippen molar-refractivity contribution in [2.24, 2.45) is 0 Å². The Bertz CT molecular complexity index is 967. The Labute approximate surface area is 193 Å². The molecular formula is C25H30F3N5. The highest BCUT2D eigenvalue weighted by molar-refractivity contribution is 5.54. The number of halogens is 3. The Morgan fingerprint density at radius 2 is 1.42 bits per heavy atom. The minimum Gasteiger partial charge on any atom is -0.369 e. The van der Waals surface area contributed by atoms with E-state index in [0.717, 1.165) is 87.7 Å². The van der Waals surface area contributed by atoms with E-state index in [1.807, 2.05) is 6.07 Å². The van der Waals surface area contributed by atoms with Gasteiger partial charge in [-0.25, -0.2) is 0 Å². The zero-order valence-corrected chi connectivity index (χ0v) is 19.0. The van der Waals surface area contributed by atoms with Gasteiger partial charge in [-0.1, -0.05) is 12.1 Å². The maximum atomic E-state index is 12.8. The van der Waals surface area contributed by atoms with Crippen molar-refractivity contribution in [3.8, 4) is 6.07 Å². The average molecular weight is 458 g/mol. The van der Waals surface area contributed by atoms with E-state index >= 15 is 0 Å². The topological polar surface area (TPSA) is 36.8 Å². The van der Waals surface area contributed by atoms with Gasteiger partial charge in [0, 0.05) is 71.1 Å². The number of rotatable bonds is 5. The summed E-state index contributed by atoms with van der Waals surface area (Å²) in [4.78, 5) is 9.33. The first-order valence-corrected chi connectivity index (χ1v) is 11.4. The van der Waals surface area contributed by atoms with Crippen LogP contribution in [0.3, 0.4) is 0 Å². The lowest BCUT2D eigenvalue weighted by Crippen LogP contribution is -2.45. The Morgan fingerprint density at radius 1 is 0.818 bits per heavy atom. The fraction of sp³-hybridized carbons (Fsp3) is 0.480. The molecule has 0 radical (unpaired) electrons. The standard InChI is InChI=1S/C25H30F3N5/c1-30-8-14-33(15-9-30)24-7-4-21(17-29)22(16-24)19-32-12-10-31(11-13-32)18-20-2-5-23(6-3-20)25(26,27)28/h2-7,16H,8-15,18-19H2,1H3. The summed E-state index contributed by atoms with van der Waals surface area (Å²) in [5, 5.41) is 9.59. The molecule has 176 valence electrons. The van der Waals surface area contributed by atoms with E-state index < -0.39 is 11.7 Å². The molecule has 5 nitrogen and oxygen atoms in total. The molecule has 2 aliphatic heterocycles. The van der Waals surface area contributed by atoms with Crippen LogP contribution < -0.4 is 4.90 Å². The second-order valence-electron chi connectivity index (χ2n) is 8.99. The molecule has 4 rings (SSSR count). The number of benzene rings is 2. The van der Waals surface area contributed by atoms with Crippen molar-refractivity contribution < 1.29 is 13.2 Å². The van der Waals surface area contributed by atoms with Crippen LogP contribution in [0.4, 0.5) is 18.9 Å². The minimum atomic E-state index is -4.30. The first-order chi connectivity index (χ1) is 15.8. The highest BCUT2D eigenvalue weighted by atomic mass is 19.4. The van der Waals surface area contributed by atoms with Crippen LogP contribution in [-0.2, 0) is 19.3 Å². The van der Waals surface area contributed by atoms with E-state index in [-0.39, 0.29) is 0 Å². The fourth-order valence-electron chi connectivity index (χ4n) is 4.49. The molecule has 33 heavy (non-hydrogen) atoms. The summed E-state index contributed by atoms with van der Waals surface area (Å²) in [5.74, 6) is 0. The monoisotopic (exact) mass is 457 g/mol. The van der Waals surface area contributed by atoms with Gasteiger partial charge in [0.2, 0.25) is 0 Å². The third-order valence-corrected chi connectivity index (χ3v) is 6.62. The minimum absolute atomic E-state index is 0.608. The number of hydrogen-bond acceptors (Lipinski definition) is 5. The number of anilines is 1. The molecule has 0 spiro atoms. The quantitative estimate of drug-likeness (QED) is 0.685. The van der Waals surface area contributed by atoms with Gasteiger partial charge in [-0.05, 0) is 48.5 Å². The van der Waals surface area contributed by atoms with Gasteiger partial charge in [0.05, 0.1) is 17.2 Å². The summed E-state index contributed by atoms with van der Waals surface area (Å²) in [6.45, 7) is 8.87. The smallest absolute Gasteiger partial charge is 0.369 e. The molecule has 0 unspecified atom stereocenters. The van der Waals surface area contributed by atoms with Crippen LogP contribution in [0.15, 0.2) is 42.5 Å². The first-order valence-electron chi connectivity index (χ1n) is 11.4. The number of nitrogens with zero attached hydrogens (tertiary/aromatic N) is 5. The maximum Gasteiger partial charge on any atom is 0.416 e. The van der Waals surface area contributed by atoms with Gasteiger partial charge in [-0.15, -0.1) is 0 Å². The van der Waals surface area contributed by atoms with Crippen molar-refractivity contribution in [2.45, 2.75) is 19.3 Å². The largest absolute Gasteiger partial charge is 0.416 e. The number of nitriles is 1. The molecule has 0 aliphatic carbocycles. The van der Waals surface area contributed by atoms with E-state index in [0.29, 0.717) is 6.54 Å².